The van der Waals surface area contributed by atoms with E-state index in [4.69, 9.17) is 10.5 Å². The van der Waals surface area contributed by atoms with Crippen LogP contribution in [0, 0.1) is 0 Å². The molecule has 0 saturated carbocycles. The van der Waals surface area contributed by atoms with Crippen LogP contribution in [0.15, 0.2) is 23.1 Å². The molecule has 2 nitrogen and oxygen atoms in total. The van der Waals surface area contributed by atoms with Crippen LogP contribution in [0.2, 0.25) is 0 Å². The van der Waals surface area contributed by atoms with E-state index in [1.54, 1.807) is 13.2 Å². The smallest absolute Gasteiger partial charge is 0.384 e. The summed E-state index contributed by atoms with van der Waals surface area (Å²) in [5.74, 6) is 0.621. The predicted octanol–water partition coefficient (Wildman–Crippen LogP) is 2.90. The Bertz CT molecular complexity index is 368. The van der Waals surface area contributed by atoms with Gasteiger partial charge in [0.2, 0.25) is 0 Å². The number of ether oxygens (including phenoxy) is 1. The van der Waals surface area contributed by atoms with Crippen LogP contribution in [0.3, 0.4) is 0 Å². The zero-order valence-electron chi connectivity index (χ0n) is 9.38. The molecule has 2 N–H and O–H groups in total. The van der Waals surface area contributed by atoms with Crippen molar-refractivity contribution in [3.63, 3.8) is 0 Å². The number of rotatable bonds is 5. The molecule has 0 bridgehead atoms. The average Bonchev–Trinajstić information content (AvgIpc) is 2.28. The van der Waals surface area contributed by atoms with Crippen molar-refractivity contribution in [3.8, 4) is 0 Å². The first-order valence-corrected chi connectivity index (χ1v) is 5.99. The predicted molar refractivity (Wildman–Crippen MR) is 61.9 cm³/mol. The lowest BCUT2D eigenvalue weighted by Crippen LogP contribution is -2.12. The molecule has 0 fully saturated rings. The molecule has 0 aliphatic rings. The zero-order valence-corrected chi connectivity index (χ0v) is 10.2. The van der Waals surface area contributed by atoms with Crippen molar-refractivity contribution in [1.82, 2.24) is 0 Å². The molecule has 0 aliphatic heterocycles. The van der Waals surface area contributed by atoms with Gasteiger partial charge in [-0.05, 0) is 17.7 Å². The van der Waals surface area contributed by atoms with Gasteiger partial charge in [0.15, 0.2) is 0 Å². The molecule has 0 aliphatic carbocycles. The van der Waals surface area contributed by atoms with Gasteiger partial charge in [-0.1, -0.05) is 6.07 Å². The Morgan fingerprint density at radius 1 is 1.35 bits per heavy atom. The Balaban J connectivity index is 2.89. The largest absolute Gasteiger partial charge is 0.416 e. The Morgan fingerprint density at radius 2 is 2.06 bits per heavy atom. The molecule has 0 aromatic heterocycles. The second-order valence-corrected chi connectivity index (χ2v) is 4.53. The minimum absolute atomic E-state index is 0.113. The fourth-order valence-corrected chi connectivity index (χ4v) is 2.18. The first kappa shape index (κ1) is 14.3. The molecule has 0 amide bonds. The third-order valence-electron chi connectivity index (χ3n) is 2.16. The van der Waals surface area contributed by atoms with E-state index in [-0.39, 0.29) is 12.1 Å². The van der Waals surface area contributed by atoms with Gasteiger partial charge in [-0.25, -0.2) is 0 Å². The van der Waals surface area contributed by atoms with Crippen molar-refractivity contribution in [2.24, 2.45) is 5.73 Å². The molecule has 0 saturated heterocycles. The minimum Gasteiger partial charge on any atom is -0.384 e. The van der Waals surface area contributed by atoms with Gasteiger partial charge >= 0.3 is 6.18 Å². The lowest BCUT2D eigenvalue weighted by molar-refractivity contribution is -0.138. The second kappa shape index (κ2) is 6.28. The molecule has 0 heterocycles. The van der Waals surface area contributed by atoms with Gasteiger partial charge < -0.3 is 10.5 Å². The van der Waals surface area contributed by atoms with E-state index in [1.807, 2.05) is 0 Å². The number of halogens is 3. The average molecular weight is 265 g/mol. The summed E-state index contributed by atoms with van der Waals surface area (Å²) in [6.07, 6.45) is -4.35. The van der Waals surface area contributed by atoms with Crippen LogP contribution < -0.4 is 5.73 Å². The molecule has 6 heteroatoms. The maximum Gasteiger partial charge on any atom is 0.416 e. The summed E-state index contributed by atoms with van der Waals surface area (Å²) in [6.45, 7) is 0.391. The molecule has 0 spiro atoms. The number of nitrogens with two attached hydrogens (primary N) is 1. The molecular weight excluding hydrogens is 251 g/mol. The van der Waals surface area contributed by atoms with Crippen LogP contribution in [-0.2, 0) is 17.5 Å². The molecule has 96 valence electrons. The van der Waals surface area contributed by atoms with E-state index < -0.39 is 11.7 Å². The van der Waals surface area contributed by atoms with E-state index >= 15 is 0 Å². The topological polar surface area (TPSA) is 35.2 Å². The summed E-state index contributed by atoms with van der Waals surface area (Å²) in [5.41, 5.74) is 4.76. The van der Waals surface area contributed by atoms with E-state index in [9.17, 15) is 13.2 Å². The van der Waals surface area contributed by atoms with Gasteiger partial charge in [0.05, 0.1) is 12.2 Å². The van der Waals surface area contributed by atoms with Crippen molar-refractivity contribution in [2.75, 3.05) is 19.5 Å². The Kier molecular flexibility index (Phi) is 5.30. The quantitative estimate of drug-likeness (QED) is 0.656. The maximum atomic E-state index is 12.7. The Hall–Kier alpha value is -0.720. The van der Waals surface area contributed by atoms with Gasteiger partial charge in [-0.3, -0.25) is 0 Å². The van der Waals surface area contributed by atoms with Crippen molar-refractivity contribution >= 4 is 11.8 Å². The lowest BCUT2D eigenvalue weighted by atomic mass is 10.1. The van der Waals surface area contributed by atoms with Gasteiger partial charge in [0, 0.05) is 24.3 Å². The van der Waals surface area contributed by atoms with Crippen molar-refractivity contribution in [2.45, 2.75) is 17.6 Å². The second-order valence-electron chi connectivity index (χ2n) is 3.36. The van der Waals surface area contributed by atoms with Gasteiger partial charge in [-0.15, -0.1) is 11.8 Å². The highest BCUT2D eigenvalue weighted by molar-refractivity contribution is 7.99. The zero-order chi connectivity index (χ0) is 12.9. The number of hydrogen-bond acceptors (Lipinski definition) is 3. The summed E-state index contributed by atoms with van der Waals surface area (Å²) < 4.78 is 43.0. The van der Waals surface area contributed by atoms with Crippen molar-refractivity contribution < 1.29 is 17.9 Å². The summed E-state index contributed by atoms with van der Waals surface area (Å²) >= 11 is 1.33. The standard InChI is InChI=1S/C11H14F3NOS/c1-16-4-5-17-9-3-2-8(7-15)10(6-9)11(12,13)14/h2-3,6H,4-5,7,15H2,1H3. The highest BCUT2D eigenvalue weighted by atomic mass is 32.2. The number of benzene rings is 1. The third-order valence-corrected chi connectivity index (χ3v) is 3.12. The van der Waals surface area contributed by atoms with E-state index in [0.717, 1.165) is 6.07 Å². The fraction of sp³-hybridized carbons (Fsp3) is 0.455. The molecule has 0 radical (unpaired) electrons. The maximum absolute atomic E-state index is 12.7. The van der Waals surface area contributed by atoms with E-state index in [1.165, 1.54) is 17.8 Å². The minimum atomic E-state index is -4.35. The summed E-state index contributed by atoms with van der Waals surface area (Å²) in [5, 5.41) is 0. The van der Waals surface area contributed by atoms with Crippen LogP contribution >= 0.6 is 11.8 Å². The van der Waals surface area contributed by atoms with Crippen molar-refractivity contribution in [1.29, 1.82) is 0 Å². The van der Waals surface area contributed by atoms with Crippen LogP contribution in [0.5, 0.6) is 0 Å². The monoisotopic (exact) mass is 265 g/mol. The molecular formula is C11H14F3NOS. The molecule has 0 unspecified atom stereocenters. The first-order chi connectivity index (χ1) is 7.99. The Morgan fingerprint density at radius 3 is 2.59 bits per heavy atom. The van der Waals surface area contributed by atoms with E-state index in [0.29, 0.717) is 17.3 Å². The summed E-state index contributed by atoms with van der Waals surface area (Å²) in [7, 11) is 1.55. The van der Waals surface area contributed by atoms with E-state index in [2.05, 4.69) is 0 Å². The van der Waals surface area contributed by atoms with Gasteiger partial charge in [0.1, 0.15) is 0 Å². The van der Waals surface area contributed by atoms with Crippen LogP contribution in [0.4, 0.5) is 13.2 Å². The van der Waals surface area contributed by atoms with Crippen LogP contribution in [-0.4, -0.2) is 19.5 Å². The molecule has 1 rings (SSSR count). The fourth-order valence-electron chi connectivity index (χ4n) is 1.33. The normalized spacial score (nSPS) is 11.8. The number of methoxy groups -OCH3 is 1. The lowest BCUT2D eigenvalue weighted by Gasteiger charge is -2.13. The third kappa shape index (κ3) is 4.22. The van der Waals surface area contributed by atoms with Gasteiger partial charge in [-0.2, -0.15) is 13.2 Å². The molecule has 0 atom stereocenters. The van der Waals surface area contributed by atoms with Crippen LogP contribution in [0.25, 0.3) is 0 Å². The van der Waals surface area contributed by atoms with Crippen molar-refractivity contribution in [3.05, 3.63) is 29.3 Å². The number of hydrogen-bond donors (Lipinski definition) is 1. The number of alkyl halides is 3. The first-order valence-electron chi connectivity index (χ1n) is 5.01. The van der Waals surface area contributed by atoms with Gasteiger partial charge in [0.25, 0.3) is 0 Å². The molecule has 17 heavy (non-hydrogen) atoms. The Labute approximate surface area is 102 Å². The summed E-state index contributed by atoms with van der Waals surface area (Å²) in [6, 6.07) is 4.22. The highest BCUT2D eigenvalue weighted by Gasteiger charge is 2.33. The highest BCUT2D eigenvalue weighted by Crippen LogP contribution is 2.34. The number of thioether (sulfide) groups is 1. The molecule has 1 aromatic rings. The van der Waals surface area contributed by atoms with Crippen LogP contribution in [0.1, 0.15) is 11.1 Å². The molecule has 1 aromatic carbocycles. The SMILES string of the molecule is COCCSc1ccc(CN)c(C(F)(F)F)c1. The summed E-state index contributed by atoms with van der Waals surface area (Å²) in [4.78, 5) is 0.576.